The maximum absolute atomic E-state index is 5.55. The number of benzene rings is 1. The lowest BCUT2D eigenvalue weighted by Crippen LogP contribution is -2.07. The molecule has 120 valence electrons. The summed E-state index contributed by atoms with van der Waals surface area (Å²) in [5.41, 5.74) is 1.63. The predicted octanol–water partition coefficient (Wildman–Crippen LogP) is 2.87. The summed E-state index contributed by atoms with van der Waals surface area (Å²) < 4.78 is 17.8. The van der Waals surface area contributed by atoms with Gasteiger partial charge in [-0.05, 0) is 32.0 Å². The molecule has 0 aliphatic carbocycles. The molecule has 23 heavy (non-hydrogen) atoms. The maximum Gasteiger partial charge on any atom is 0.219 e. The second kappa shape index (κ2) is 6.12. The summed E-state index contributed by atoms with van der Waals surface area (Å²) in [5, 5.41) is 8.39. The Morgan fingerprint density at radius 3 is 2.61 bits per heavy atom. The molecule has 3 aromatic rings. The molecular weight excluding hydrogens is 296 g/mol. The molecule has 2 heterocycles. The molecule has 0 amide bonds. The summed E-state index contributed by atoms with van der Waals surface area (Å²) in [6.45, 7) is 3.82. The molecule has 2 aromatic heterocycles. The third kappa shape index (κ3) is 2.90. The second-order valence-electron chi connectivity index (χ2n) is 5.14. The largest absolute Gasteiger partial charge is 0.493 e. The van der Waals surface area contributed by atoms with Crippen LogP contribution in [-0.4, -0.2) is 34.2 Å². The van der Waals surface area contributed by atoms with Crippen LogP contribution in [0.25, 0.3) is 11.3 Å². The van der Waals surface area contributed by atoms with Gasteiger partial charge in [0.2, 0.25) is 5.89 Å². The van der Waals surface area contributed by atoms with Gasteiger partial charge in [0.1, 0.15) is 17.5 Å². The van der Waals surface area contributed by atoms with Crippen molar-refractivity contribution in [2.24, 2.45) is 0 Å². The van der Waals surface area contributed by atoms with E-state index in [1.54, 1.807) is 25.1 Å². The molecule has 1 unspecified atom stereocenters. The van der Waals surface area contributed by atoms with Crippen molar-refractivity contribution in [1.29, 1.82) is 0 Å². The lowest BCUT2D eigenvalue weighted by Gasteiger charge is -2.08. The molecule has 0 saturated heterocycles. The first-order valence-corrected chi connectivity index (χ1v) is 7.19. The van der Waals surface area contributed by atoms with Crippen LogP contribution in [0.4, 0.5) is 0 Å². The molecule has 0 fully saturated rings. The van der Waals surface area contributed by atoms with Crippen molar-refractivity contribution in [1.82, 2.24) is 20.0 Å². The zero-order valence-electron chi connectivity index (χ0n) is 13.5. The van der Waals surface area contributed by atoms with Crippen LogP contribution in [0.15, 0.2) is 35.0 Å². The van der Waals surface area contributed by atoms with Gasteiger partial charge in [-0.3, -0.25) is 0 Å². The van der Waals surface area contributed by atoms with E-state index in [0.717, 1.165) is 17.0 Å². The van der Waals surface area contributed by atoms with E-state index in [4.69, 9.17) is 13.9 Å². The van der Waals surface area contributed by atoms with Gasteiger partial charge in [0.05, 0.1) is 26.6 Å². The van der Waals surface area contributed by atoms with Gasteiger partial charge in [-0.1, -0.05) is 5.21 Å². The van der Waals surface area contributed by atoms with Gasteiger partial charge in [0.15, 0.2) is 11.5 Å². The predicted molar refractivity (Wildman–Crippen MR) is 83.6 cm³/mol. The van der Waals surface area contributed by atoms with Crippen molar-refractivity contribution in [3.63, 3.8) is 0 Å². The van der Waals surface area contributed by atoms with Gasteiger partial charge in [-0.15, -0.1) is 5.10 Å². The summed E-state index contributed by atoms with van der Waals surface area (Å²) in [5.74, 6) is 2.70. The van der Waals surface area contributed by atoms with Gasteiger partial charge in [0.25, 0.3) is 0 Å². The summed E-state index contributed by atoms with van der Waals surface area (Å²) >= 11 is 0. The first kappa shape index (κ1) is 15.1. The van der Waals surface area contributed by atoms with Crippen LogP contribution >= 0.6 is 0 Å². The number of methoxy groups -OCH3 is 2. The maximum atomic E-state index is 5.55. The van der Waals surface area contributed by atoms with Crippen LogP contribution in [0, 0.1) is 6.92 Å². The van der Waals surface area contributed by atoms with Crippen molar-refractivity contribution >= 4 is 0 Å². The van der Waals surface area contributed by atoms with Gasteiger partial charge in [-0.2, -0.15) is 0 Å². The van der Waals surface area contributed by atoms with Crippen LogP contribution in [0.5, 0.6) is 11.5 Å². The van der Waals surface area contributed by atoms with Crippen molar-refractivity contribution in [2.75, 3.05) is 14.2 Å². The second-order valence-corrected chi connectivity index (χ2v) is 5.14. The van der Waals surface area contributed by atoms with Crippen LogP contribution in [0.3, 0.4) is 0 Å². The number of ether oxygens (including phenoxy) is 2. The highest BCUT2D eigenvalue weighted by molar-refractivity contribution is 5.63. The molecule has 0 radical (unpaired) electrons. The van der Waals surface area contributed by atoms with E-state index in [-0.39, 0.29) is 6.04 Å². The number of aryl methyl sites for hydroxylation is 1. The summed E-state index contributed by atoms with van der Waals surface area (Å²) in [6.07, 6.45) is 3.55. The summed E-state index contributed by atoms with van der Waals surface area (Å²) in [4.78, 5) is 4.23. The molecule has 0 N–H and O–H groups in total. The Kier molecular flexibility index (Phi) is 4.01. The average Bonchev–Trinajstić information content (AvgIpc) is 3.22. The molecule has 0 aliphatic heterocycles. The Morgan fingerprint density at radius 2 is 1.96 bits per heavy atom. The van der Waals surface area contributed by atoms with Crippen LogP contribution < -0.4 is 9.47 Å². The molecule has 3 rings (SSSR count). The fourth-order valence-electron chi connectivity index (χ4n) is 2.27. The minimum atomic E-state index is -0.134. The molecule has 7 nitrogen and oxygen atoms in total. The Balaban J connectivity index is 1.90. The zero-order chi connectivity index (χ0) is 16.4. The van der Waals surface area contributed by atoms with E-state index in [9.17, 15) is 0 Å². The number of nitrogens with zero attached hydrogens (tertiary/aromatic N) is 4. The fourth-order valence-corrected chi connectivity index (χ4v) is 2.27. The normalized spacial score (nSPS) is 12.2. The molecule has 0 spiro atoms. The Bertz CT molecular complexity index is 809. The van der Waals surface area contributed by atoms with Crippen LogP contribution in [0.2, 0.25) is 0 Å². The van der Waals surface area contributed by atoms with Gasteiger partial charge < -0.3 is 13.9 Å². The SMILES string of the molecule is COc1ccc(-c2cn(C(C)c3ncc(C)o3)nn2)cc1OC. The van der Waals surface area contributed by atoms with Crippen molar-refractivity contribution in [3.8, 4) is 22.8 Å². The van der Waals surface area contributed by atoms with Crippen molar-refractivity contribution < 1.29 is 13.9 Å². The van der Waals surface area contributed by atoms with Crippen LogP contribution in [-0.2, 0) is 0 Å². The van der Waals surface area contributed by atoms with Crippen LogP contribution in [0.1, 0.15) is 24.6 Å². The van der Waals surface area contributed by atoms with E-state index < -0.39 is 0 Å². The Labute approximate surface area is 133 Å². The first-order chi connectivity index (χ1) is 11.1. The van der Waals surface area contributed by atoms with Gasteiger partial charge in [-0.25, -0.2) is 9.67 Å². The molecule has 0 bridgehead atoms. The highest BCUT2D eigenvalue weighted by atomic mass is 16.5. The molecule has 0 aliphatic rings. The van der Waals surface area contributed by atoms with E-state index in [0.29, 0.717) is 17.4 Å². The summed E-state index contributed by atoms with van der Waals surface area (Å²) in [7, 11) is 3.21. The number of oxazole rings is 1. The number of hydrogen-bond acceptors (Lipinski definition) is 6. The zero-order valence-corrected chi connectivity index (χ0v) is 13.5. The van der Waals surface area contributed by atoms with E-state index in [1.807, 2.05) is 38.2 Å². The minimum absolute atomic E-state index is 0.134. The monoisotopic (exact) mass is 314 g/mol. The van der Waals surface area contributed by atoms with E-state index in [1.165, 1.54) is 0 Å². The first-order valence-electron chi connectivity index (χ1n) is 7.19. The molecule has 1 aromatic carbocycles. The molecule has 0 saturated carbocycles. The average molecular weight is 314 g/mol. The third-order valence-corrected chi connectivity index (χ3v) is 3.58. The number of hydrogen-bond donors (Lipinski definition) is 0. The quantitative estimate of drug-likeness (QED) is 0.721. The fraction of sp³-hybridized carbons (Fsp3) is 0.312. The lowest BCUT2D eigenvalue weighted by atomic mass is 10.1. The molecule has 7 heteroatoms. The molecule has 1 atom stereocenters. The Hall–Kier alpha value is -2.83. The number of rotatable bonds is 5. The van der Waals surface area contributed by atoms with E-state index in [2.05, 4.69) is 15.3 Å². The smallest absolute Gasteiger partial charge is 0.219 e. The number of aromatic nitrogens is 4. The highest BCUT2D eigenvalue weighted by Crippen LogP contribution is 2.31. The van der Waals surface area contributed by atoms with Crippen molar-refractivity contribution in [2.45, 2.75) is 19.9 Å². The topological polar surface area (TPSA) is 75.2 Å². The van der Waals surface area contributed by atoms with Gasteiger partial charge >= 0.3 is 0 Å². The van der Waals surface area contributed by atoms with Gasteiger partial charge in [0, 0.05) is 5.56 Å². The Morgan fingerprint density at radius 1 is 1.17 bits per heavy atom. The third-order valence-electron chi connectivity index (χ3n) is 3.58. The highest BCUT2D eigenvalue weighted by Gasteiger charge is 2.16. The minimum Gasteiger partial charge on any atom is -0.493 e. The molecular formula is C16H18N4O3. The van der Waals surface area contributed by atoms with Crippen molar-refractivity contribution in [3.05, 3.63) is 42.2 Å². The lowest BCUT2D eigenvalue weighted by molar-refractivity contribution is 0.355. The standard InChI is InChI=1S/C16H18N4O3/c1-10-8-17-16(23-10)11(2)20-9-13(18-19-20)12-5-6-14(21-3)15(7-12)22-4/h5-9,11H,1-4H3. The van der Waals surface area contributed by atoms with E-state index >= 15 is 0 Å². The summed E-state index contributed by atoms with van der Waals surface area (Å²) in [6, 6.07) is 5.49.